The second-order valence-corrected chi connectivity index (χ2v) is 11.3. The molecule has 0 unspecified atom stereocenters. The fourth-order valence-corrected chi connectivity index (χ4v) is 5.60. The lowest BCUT2D eigenvalue weighted by atomic mass is 10.3. The van der Waals surface area contributed by atoms with E-state index in [4.69, 9.17) is 0 Å². The molecule has 1 aliphatic heterocycles. The Morgan fingerprint density at radius 3 is 2.53 bits per heavy atom. The highest BCUT2D eigenvalue weighted by molar-refractivity contribution is 7.92. The Morgan fingerprint density at radius 1 is 1.11 bits per heavy atom. The molecule has 2 aromatic carbocycles. The van der Waals surface area contributed by atoms with Gasteiger partial charge in [-0.2, -0.15) is 23.9 Å². The molecule has 0 fully saturated rings. The number of benzene rings is 2. The van der Waals surface area contributed by atoms with Crippen LogP contribution in [0.5, 0.6) is 0 Å². The molecule has 0 amide bonds. The van der Waals surface area contributed by atoms with Gasteiger partial charge in [-0.05, 0) is 43.3 Å². The number of anilines is 3. The van der Waals surface area contributed by atoms with Gasteiger partial charge >= 0.3 is 0 Å². The van der Waals surface area contributed by atoms with Crippen LogP contribution in [0.4, 0.5) is 28.7 Å². The fraction of sp³-hybridized carbons (Fsp3) is 0.0952. The van der Waals surface area contributed by atoms with Crippen LogP contribution in [0, 0.1) is 18.3 Å². The molecule has 3 heterocycles. The summed E-state index contributed by atoms with van der Waals surface area (Å²) >= 11 is 0. The summed E-state index contributed by atoms with van der Waals surface area (Å²) in [6.07, 6.45) is 2.36. The lowest BCUT2D eigenvalue weighted by Gasteiger charge is -2.19. The smallest absolute Gasteiger partial charge is 0.287 e. The molecule has 5 rings (SSSR count). The third kappa shape index (κ3) is 3.97. The van der Waals surface area contributed by atoms with Crippen LogP contribution in [-0.2, 0) is 20.0 Å². The zero-order chi connectivity index (χ0) is 25.7. The van der Waals surface area contributed by atoms with Crippen molar-refractivity contribution in [3.63, 3.8) is 0 Å². The van der Waals surface area contributed by atoms with Gasteiger partial charge in [-0.25, -0.2) is 13.1 Å². The average molecular weight is 524 g/mol. The molecule has 13 nitrogen and oxygen atoms in total. The van der Waals surface area contributed by atoms with Gasteiger partial charge in [0.2, 0.25) is 10.0 Å². The minimum Gasteiger partial charge on any atom is -0.336 e. The first-order valence-corrected chi connectivity index (χ1v) is 13.6. The molecular weight excluding hydrogens is 506 g/mol. The normalized spacial score (nSPS) is 14.0. The zero-order valence-electron chi connectivity index (χ0n) is 18.8. The van der Waals surface area contributed by atoms with Crippen LogP contribution in [-0.4, -0.2) is 42.1 Å². The summed E-state index contributed by atoms with van der Waals surface area (Å²) in [6.45, 7) is 1.59. The number of fused-ring (bicyclic) bond motifs is 2. The molecule has 0 saturated carbocycles. The molecule has 1 aliphatic rings. The van der Waals surface area contributed by atoms with E-state index in [0.29, 0.717) is 22.8 Å². The number of nitrogens with one attached hydrogen (secondary N) is 2. The maximum atomic E-state index is 13.0. The third-order valence-corrected chi connectivity index (χ3v) is 7.41. The van der Waals surface area contributed by atoms with Crippen LogP contribution in [0.2, 0.25) is 0 Å². The van der Waals surface area contributed by atoms with E-state index in [0.717, 1.165) is 10.3 Å². The number of hydrogen-bond donors (Lipinski definition) is 2. The Morgan fingerprint density at radius 2 is 1.83 bits per heavy atom. The number of para-hydroxylation sites is 1. The SMILES string of the molecule is Cc1nn2c(c1N=Nc1c(C#N)cnn1-c1ccc(NS(C)(=O)=O)cc1)Nc1ccccc1S2(=O)=O. The highest BCUT2D eigenvalue weighted by Gasteiger charge is 2.33. The molecule has 182 valence electrons. The number of nitrogens with zero attached hydrogens (tertiary/aromatic N) is 7. The second kappa shape index (κ2) is 8.29. The van der Waals surface area contributed by atoms with Gasteiger partial charge in [0.1, 0.15) is 16.5 Å². The quantitative estimate of drug-likeness (QED) is 0.329. The molecule has 2 aromatic heterocycles. The number of nitriles is 1. The Hall–Kier alpha value is -4.55. The largest absolute Gasteiger partial charge is 0.336 e. The van der Waals surface area contributed by atoms with Crippen molar-refractivity contribution < 1.29 is 16.8 Å². The lowest BCUT2D eigenvalue weighted by Crippen LogP contribution is -2.22. The van der Waals surface area contributed by atoms with Crippen LogP contribution in [0.15, 0.2) is 69.9 Å². The van der Waals surface area contributed by atoms with Gasteiger partial charge < -0.3 is 5.32 Å². The highest BCUT2D eigenvalue weighted by atomic mass is 32.2. The van der Waals surface area contributed by atoms with Crippen molar-refractivity contribution in [2.24, 2.45) is 10.2 Å². The monoisotopic (exact) mass is 523 g/mol. The van der Waals surface area contributed by atoms with Crippen LogP contribution < -0.4 is 10.0 Å². The number of sulfonamides is 1. The Balaban J connectivity index is 1.55. The molecule has 15 heteroatoms. The standard InChI is InChI=1S/C21H17N9O4S2/c1-13-19(21-24-17-5-3-4-6-18(17)36(33,34)30(21)27-13)25-26-20-14(11-22)12-23-29(20)16-9-7-15(8-10-16)28-35(2,31)32/h3-10,12,24,28H,1-2H3. The summed E-state index contributed by atoms with van der Waals surface area (Å²) in [5, 5.41) is 29.4. The Labute approximate surface area is 205 Å². The van der Waals surface area contributed by atoms with Crippen LogP contribution in [0.1, 0.15) is 11.3 Å². The van der Waals surface area contributed by atoms with Crippen molar-refractivity contribution in [3.05, 3.63) is 66.0 Å². The Bertz CT molecular complexity index is 1800. The first-order chi connectivity index (χ1) is 17.1. The predicted octanol–water partition coefficient (Wildman–Crippen LogP) is 3.33. The van der Waals surface area contributed by atoms with Crippen molar-refractivity contribution in [2.45, 2.75) is 11.8 Å². The molecule has 2 N–H and O–H groups in total. The molecule has 0 radical (unpaired) electrons. The third-order valence-electron chi connectivity index (χ3n) is 5.17. The van der Waals surface area contributed by atoms with Crippen molar-refractivity contribution in [2.75, 3.05) is 16.3 Å². The average Bonchev–Trinajstić information content (AvgIpc) is 3.38. The molecule has 0 bridgehead atoms. The van der Waals surface area contributed by atoms with E-state index in [1.54, 1.807) is 37.3 Å². The van der Waals surface area contributed by atoms with Gasteiger partial charge in [-0.15, -0.1) is 14.3 Å². The fourth-order valence-electron chi connectivity index (χ4n) is 3.60. The molecule has 0 aliphatic carbocycles. The van der Waals surface area contributed by atoms with Gasteiger partial charge in [-0.3, -0.25) is 4.72 Å². The second-order valence-electron chi connectivity index (χ2n) is 7.78. The molecule has 0 atom stereocenters. The summed E-state index contributed by atoms with van der Waals surface area (Å²) in [5.41, 5.74) is 1.84. The van der Waals surface area contributed by atoms with Gasteiger partial charge in [0.15, 0.2) is 17.3 Å². The summed E-state index contributed by atoms with van der Waals surface area (Å²) in [5.74, 6) is 0.218. The van der Waals surface area contributed by atoms with Gasteiger partial charge in [-0.1, -0.05) is 12.1 Å². The summed E-state index contributed by atoms with van der Waals surface area (Å²) < 4.78 is 53.6. The van der Waals surface area contributed by atoms with E-state index in [1.165, 1.54) is 29.1 Å². The number of rotatable bonds is 5. The maximum absolute atomic E-state index is 13.0. The zero-order valence-corrected chi connectivity index (χ0v) is 20.4. The minimum absolute atomic E-state index is 0.0853. The lowest BCUT2D eigenvalue weighted by molar-refractivity contribution is 0.579. The molecule has 36 heavy (non-hydrogen) atoms. The molecule has 0 spiro atoms. The Kier molecular flexibility index (Phi) is 5.34. The summed E-state index contributed by atoms with van der Waals surface area (Å²) in [6, 6.07) is 14.7. The van der Waals surface area contributed by atoms with Crippen molar-refractivity contribution >= 4 is 48.7 Å². The van der Waals surface area contributed by atoms with E-state index >= 15 is 0 Å². The first-order valence-electron chi connectivity index (χ1n) is 10.3. The number of azo groups is 1. The number of aromatic nitrogens is 4. The van der Waals surface area contributed by atoms with Crippen molar-refractivity contribution in [1.29, 1.82) is 5.26 Å². The van der Waals surface area contributed by atoms with Crippen molar-refractivity contribution in [1.82, 2.24) is 19.0 Å². The first kappa shape index (κ1) is 23.2. The van der Waals surface area contributed by atoms with Gasteiger partial charge in [0.05, 0.1) is 29.5 Å². The number of aryl methyl sites for hydroxylation is 1. The van der Waals surface area contributed by atoms with E-state index in [9.17, 15) is 22.1 Å². The van der Waals surface area contributed by atoms with E-state index in [2.05, 4.69) is 30.5 Å². The highest BCUT2D eigenvalue weighted by Crippen LogP contribution is 2.41. The molecule has 4 aromatic rings. The van der Waals surface area contributed by atoms with Crippen LogP contribution >= 0.6 is 0 Å². The number of hydrogen-bond acceptors (Lipinski definition) is 10. The van der Waals surface area contributed by atoms with Crippen molar-refractivity contribution in [3.8, 4) is 11.8 Å². The van der Waals surface area contributed by atoms with Crippen LogP contribution in [0.25, 0.3) is 5.69 Å². The van der Waals surface area contributed by atoms with Gasteiger partial charge in [0, 0.05) is 5.69 Å². The van der Waals surface area contributed by atoms with E-state index in [1.807, 2.05) is 6.07 Å². The van der Waals surface area contributed by atoms with Crippen LogP contribution in [0.3, 0.4) is 0 Å². The summed E-state index contributed by atoms with van der Waals surface area (Å²) in [4.78, 5) is 0.0853. The predicted molar refractivity (Wildman–Crippen MR) is 130 cm³/mol. The maximum Gasteiger partial charge on any atom is 0.287 e. The van der Waals surface area contributed by atoms with E-state index in [-0.39, 0.29) is 27.8 Å². The molecular formula is C21H17N9O4S2. The molecule has 0 saturated heterocycles. The minimum atomic E-state index is -3.93. The summed E-state index contributed by atoms with van der Waals surface area (Å²) in [7, 11) is -7.37. The topological polar surface area (TPSA) is 176 Å². The van der Waals surface area contributed by atoms with Gasteiger partial charge in [0.25, 0.3) is 10.0 Å². The van der Waals surface area contributed by atoms with E-state index < -0.39 is 20.0 Å².